The Hall–Kier alpha value is -2.55. The van der Waals surface area contributed by atoms with Gasteiger partial charge in [-0.25, -0.2) is 4.39 Å². The van der Waals surface area contributed by atoms with Crippen LogP contribution in [0.1, 0.15) is 28.8 Å². The average Bonchev–Trinajstić information content (AvgIpc) is 3.03. The third kappa shape index (κ3) is 5.09. The van der Waals surface area contributed by atoms with Crippen molar-refractivity contribution in [3.63, 3.8) is 0 Å². The molecule has 172 valence electrons. The Morgan fingerprint density at radius 2 is 1.97 bits per heavy atom. The van der Waals surface area contributed by atoms with Gasteiger partial charge >= 0.3 is 0 Å². The van der Waals surface area contributed by atoms with Crippen LogP contribution in [0.2, 0.25) is 5.02 Å². The van der Waals surface area contributed by atoms with Crippen LogP contribution in [-0.4, -0.2) is 54.9 Å². The Kier molecular flexibility index (Phi) is 7.03. The first-order valence-corrected chi connectivity index (χ1v) is 11.1. The molecule has 0 aliphatic carbocycles. The Balaban J connectivity index is 1.36. The highest BCUT2D eigenvalue weighted by molar-refractivity contribution is 6.35. The lowest BCUT2D eigenvalue weighted by molar-refractivity contribution is 0.0190. The molecule has 1 saturated heterocycles. The van der Waals surface area contributed by atoms with E-state index in [2.05, 4.69) is 10.2 Å². The number of nitrogens with one attached hydrogen (secondary N) is 1. The van der Waals surface area contributed by atoms with Crippen molar-refractivity contribution >= 4 is 23.2 Å². The summed E-state index contributed by atoms with van der Waals surface area (Å²) in [6, 6.07) is 7.87. The molecule has 1 amide bonds. The summed E-state index contributed by atoms with van der Waals surface area (Å²) in [5, 5.41) is 13.8. The number of β-amino-alcohol motifs (C(OH)–C–C–N with tert-alkyl or cyclic N) is 1. The van der Waals surface area contributed by atoms with Crippen molar-refractivity contribution in [2.45, 2.75) is 25.5 Å². The highest BCUT2D eigenvalue weighted by Crippen LogP contribution is 2.43. The van der Waals surface area contributed by atoms with Gasteiger partial charge in [0.25, 0.3) is 5.91 Å². The molecule has 9 heteroatoms. The van der Waals surface area contributed by atoms with Gasteiger partial charge < -0.3 is 25.6 Å². The van der Waals surface area contributed by atoms with E-state index in [9.17, 15) is 14.3 Å². The number of nitrogen functional groups attached to an aromatic ring is 1. The number of nitrogens with zero attached hydrogens (tertiary/aromatic N) is 1. The van der Waals surface area contributed by atoms with Crippen molar-refractivity contribution in [3.05, 3.63) is 52.3 Å². The van der Waals surface area contributed by atoms with Gasteiger partial charge in [-0.2, -0.15) is 0 Å². The van der Waals surface area contributed by atoms with E-state index in [1.54, 1.807) is 12.1 Å². The molecular weight excluding hydrogens is 437 g/mol. The summed E-state index contributed by atoms with van der Waals surface area (Å²) in [6.45, 7) is 3.07. The fraction of sp³-hybridized carbons (Fsp3) is 0.435. The summed E-state index contributed by atoms with van der Waals surface area (Å²) in [7, 11) is 0. The van der Waals surface area contributed by atoms with Crippen LogP contribution in [0.5, 0.6) is 11.5 Å². The summed E-state index contributed by atoms with van der Waals surface area (Å²) in [4.78, 5) is 15.0. The maximum absolute atomic E-state index is 13.1. The average molecular weight is 464 g/mol. The maximum Gasteiger partial charge on any atom is 0.255 e. The minimum Gasteiger partial charge on any atom is -0.489 e. The Bertz CT molecular complexity index is 973. The molecule has 4 N–H and O–H groups in total. The van der Waals surface area contributed by atoms with Crippen molar-refractivity contribution in [1.29, 1.82) is 0 Å². The van der Waals surface area contributed by atoms with Gasteiger partial charge in [0.1, 0.15) is 10.8 Å². The van der Waals surface area contributed by atoms with Crippen LogP contribution in [0, 0.1) is 11.7 Å². The molecule has 2 aliphatic rings. The standard InChI is InChI=1S/C23H27ClFN3O4/c24-20-18(26)10-17(21-22(20)32-9-1-8-31-21)23(30)27-11-15-6-7-28(13-19(15)29)12-14-2-4-16(25)5-3-14/h2-5,10,15,19,29H,1,6-9,11-13,26H2,(H,27,30)/t15-,19?/m0/s1. The number of piperidine rings is 1. The number of hydrogen-bond donors (Lipinski definition) is 3. The van der Waals surface area contributed by atoms with Gasteiger partial charge in [-0.3, -0.25) is 9.69 Å². The fourth-order valence-corrected chi connectivity index (χ4v) is 4.28. The number of nitrogens with two attached hydrogens (primary N) is 1. The fourth-order valence-electron chi connectivity index (χ4n) is 4.08. The number of fused-ring (bicyclic) bond motifs is 1. The predicted octanol–water partition coefficient (Wildman–Crippen LogP) is 2.84. The van der Waals surface area contributed by atoms with Gasteiger partial charge in [-0.05, 0) is 36.7 Å². The van der Waals surface area contributed by atoms with E-state index in [0.29, 0.717) is 50.8 Å². The van der Waals surface area contributed by atoms with Gasteiger partial charge in [0, 0.05) is 32.0 Å². The van der Waals surface area contributed by atoms with Gasteiger partial charge in [0.2, 0.25) is 0 Å². The summed E-state index contributed by atoms with van der Waals surface area (Å²) in [5.41, 5.74) is 7.48. The van der Waals surface area contributed by atoms with Gasteiger partial charge in [-0.15, -0.1) is 0 Å². The number of aliphatic hydroxyl groups excluding tert-OH is 1. The lowest BCUT2D eigenvalue weighted by atomic mass is 9.93. The quantitative estimate of drug-likeness (QED) is 0.590. The number of rotatable bonds is 5. The van der Waals surface area contributed by atoms with Crippen molar-refractivity contribution in [2.24, 2.45) is 5.92 Å². The first kappa shape index (κ1) is 22.6. The van der Waals surface area contributed by atoms with E-state index in [1.165, 1.54) is 18.2 Å². The zero-order valence-corrected chi connectivity index (χ0v) is 18.4. The molecule has 2 atom stereocenters. The van der Waals surface area contributed by atoms with Gasteiger partial charge in [0.05, 0.1) is 30.6 Å². The second-order valence-electron chi connectivity index (χ2n) is 8.22. The Morgan fingerprint density at radius 3 is 2.69 bits per heavy atom. The van der Waals surface area contributed by atoms with Crippen LogP contribution in [0.25, 0.3) is 0 Å². The zero-order chi connectivity index (χ0) is 22.7. The number of likely N-dealkylation sites (tertiary alicyclic amines) is 1. The van der Waals surface area contributed by atoms with Crippen LogP contribution >= 0.6 is 11.6 Å². The molecule has 7 nitrogen and oxygen atoms in total. The molecule has 1 unspecified atom stereocenters. The summed E-state index contributed by atoms with van der Waals surface area (Å²) in [6.07, 6.45) is 0.814. The molecule has 2 aliphatic heterocycles. The highest BCUT2D eigenvalue weighted by atomic mass is 35.5. The molecule has 0 saturated carbocycles. The molecule has 4 rings (SSSR count). The lowest BCUT2D eigenvalue weighted by Crippen LogP contribution is -2.47. The number of carbonyl (C=O) groups is 1. The van der Waals surface area contributed by atoms with E-state index in [4.69, 9.17) is 26.8 Å². The zero-order valence-electron chi connectivity index (χ0n) is 17.7. The number of halogens is 2. The second-order valence-corrected chi connectivity index (χ2v) is 8.60. The number of carbonyl (C=O) groups excluding carboxylic acids is 1. The number of benzene rings is 2. The van der Waals surface area contributed by atoms with Crippen LogP contribution in [0.4, 0.5) is 10.1 Å². The molecule has 2 heterocycles. The third-order valence-corrected chi connectivity index (χ3v) is 6.27. The monoisotopic (exact) mass is 463 g/mol. The molecule has 2 aromatic rings. The molecule has 0 aromatic heterocycles. The Morgan fingerprint density at radius 1 is 1.25 bits per heavy atom. The van der Waals surface area contributed by atoms with Crippen LogP contribution in [0.3, 0.4) is 0 Å². The minimum absolute atomic E-state index is 0.0798. The molecule has 2 aromatic carbocycles. The van der Waals surface area contributed by atoms with Gasteiger partial charge in [-0.1, -0.05) is 23.7 Å². The number of ether oxygens (including phenoxy) is 2. The van der Waals surface area contributed by atoms with E-state index >= 15 is 0 Å². The van der Waals surface area contributed by atoms with Crippen LogP contribution < -0.4 is 20.5 Å². The van der Waals surface area contributed by atoms with E-state index < -0.39 is 6.10 Å². The van der Waals surface area contributed by atoms with E-state index in [1.807, 2.05) is 0 Å². The van der Waals surface area contributed by atoms with E-state index in [-0.39, 0.29) is 33.9 Å². The highest BCUT2D eigenvalue weighted by Gasteiger charge is 2.29. The largest absolute Gasteiger partial charge is 0.489 e. The minimum atomic E-state index is -0.587. The smallest absolute Gasteiger partial charge is 0.255 e. The topological polar surface area (TPSA) is 97.1 Å². The number of anilines is 1. The molecule has 0 spiro atoms. The maximum atomic E-state index is 13.1. The van der Waals surface area contributed by atoms with E-state index in [0.717, 1.165) is 18.5 Å². The van der Waals surface area contributed by atoms with Crippen molar-refractivity contribution in [3.8, 4) is 11.5 Å². The first-order valence-electron chi connectivity index (χ1n) is 10.7. The van der Waals surface area contributed by atoms with Crippen LogP contribution in [0.15, 0.2) is 30.3 Å². The molecular formula is C23H27ClFN3O4. The molecule has 1 fully saturated rings. The lowest BCUT2D eigenvalue weighted by Gasteiger charge is -2.36. The second kappa shape index (κ2) is 9.94. The predicted molar refractivity (Wildman–Crippen MR) is 120 cm³/mol. The van der Waals surface area contributed by atoms with Crippen molar-refractivity contribution < 1.29 is 23.8 Å². The van der Waals surface area contributed by atoms with Crippen LogP contribution in [-0.2, 0) is 6.54 Å². The van der Waals surface area contributed by atoms with Crippen molar-refractivity contribution in [1.82, 2.24) is 10.2 Å². The molecule has 0 bridgehead atoms. The summed E-state index contributed by atoms with van der Waals surface area (Å²) in [5.74, 6) is -0.100. The van der Waals surface area contributed by atoms with Crippen molar-refractivity contribution in [2.75, 3.05) is 38.6 Å². The first-order chi connectivity index (χ1) is 15.4. The normalized spacial score (nSPS) is 21.1. The molecule has 0 radical (unpaired) electrons. The molecule has 32 heavy (non-hydrogen) atoms. The SMILES string of the molecule is Nc1cc(C(=O)NC[C@@H]2CCN(Cc3ccc(F)cc3)CC2O)c2c(c1Cl)OCCCO2. The summed E-state index contributed by atoms with van der Waals surface area (Å²) >= 11 is 6.24. The number of hydrogen-bond acceptors (Lipinski definition) is 6. The number of aliphatic hydroxyl groups is 1. The Labute approximate surface area is 191 Å². The van der Waals surface area contributed by atoms with Gasteiger partial charge in [0.15, 0.2) is 11.5 Å². The number of amides is 1. The summed E-state index contributed by atoms with van der Waals surface area (Å²) < 4.78 is 24.5. The third-order valence-electron chi connectivity index (χ3n) is 5.88.